The summed E-state index contributed by atoms with van der Waals surface area (Å²) in [7, 11) is 0. The minimum atomic E-state index is -0.512. The van der Waals surface area contributed by atoms with Gasteiger partial charge in [0.25, 0.3) is 5.69 Å². The lowest BCUT2D eigenvalue weighted by Crippen LogP contribution is -2.26. The Morgan fingerprint density at radius 1 is 1.48 bits per heavy atom. The van der Waals surface area contributed by atoms with Gasteiger partial charge in [0.1, 0.15) is 23.5 Å². The van der Waals surface area contributed by atoms with Gasteiger partial charge in [-0.2, -0.15) is 0 Å². The molecule has 0 saturated heterocycles. The second kappa shape index (κ2) is 7.89. The van der Waals surface area contributed by atoms with E-state index in [0.717, 1.165) is 11.3 Å². The number of ether oxygens (including phenoxy) is 1. The molecule has 0 aliphatic heterocycles. The second-order valence-electron chi connectivity index (χ2n) is 4.61. The third kappa shape index (κ3) is 4.90. The molecule has 2 heterocycles. The largest absolute Gasteiger partial charge is 0.459 e. The predicted molar refractivity (Wildman–Crippen MR) is 88.2 cm³/mol. The molecule has 0 fully saturated rings. The molecule has 0 aliphatic rings. The van der Waals surface area contributed by atoms with Crippen molar-refractivity contribution in [2.45, 2.75) is 19.4 Å². The van der Waals surface area contributed by atoms with Crippen molar-refractivity contribution in [2.24, 2.45) is 0 Å². The van der Waals surface area contributed by atoms with Gasteiger partial charge in [-0.05, 0) is 24.6 Å². The molecule has 1 unspecified atom stereocenters. The van der Waals surface area contributed by atoms with Crippen LogP contribution in [0.2, 0.25) is 4.34 Å². The van der Waals surface area contributed by atoms with Crippen LogP contribution < -0.4 is 5.32 Å². The van der Waals surface area contributed by atoms with E-state index in [1.165, 1.54) is 18.3 Å². The van der Waals surface area contributed by atoms with Crippen molar-refractivity contribution in [3.8, 4) is 0 Å². The summed E-state index contributed by atoms with van der Waals surface area (Å²) in [6.45, 7) is 2.09. The zero-order valence-electron chi connectivity index (χ0n) is 12.2. The van der Waals surface area contributed by atoms with Gasteiger partial charge in [-0.25, -0.2) is 9.78 Å². The summed E-state index contributed by atoms with van der Waals surface area (Å²) in [5, 5.41) is 13.7. The van der Waals surface area contributed by atoms with Crippen molar-refractivity contribution in [2.75, 3.05) is 11.9 Å². The number of thiophene rings is 1. The summed E-state index contributed by atoms with van der Waals surface area (Å²) in [6, 6.07) is 5.98. The molecule has 2 rings (SSSR count). The lowest BCUT2D eigenvalue weighted by molar-refractivity contribution is -0.385. The van der Waals surface area contributed by atoms with Gasteiger partial charge in [0.05, 0.1) is 15.3 Å². The number of carbonyl (C=O) groups excluding carboxylic acids is 1. The topological polar surface area (TPSA) is 94.4 Å². The maximum absolute atomic E-state index is 11.9. The van der Waals surface area contributed by atoms with Crippen molar-refractivity contribution in [1.82, 2.24) is 4.98 Å². The van der Waals surface area contributed by atoms with Gasteiger partial charge in [0, 0.05) is 6.07 Å². The summed E-state index contributed by atoms with van der Waals surface area (Å²) in [5.41, 5.74) is -0.0791. The van der Waals surface area contributed by atoms with Crippen LogP contribution in [0.15, 0.2) is 30.5 Å². The number of anilines is 1. The molecule has 0 amide bonds. The molecule has 0 bridgehead atoms. The monoisotopic (exact) mass is 355 g/mol. The molecule has 122 valence electrons. The number of nitro groups is 1. The van der Waals surface area contributed by atoms with Gasteiger partial charge < -0.3 is 10.1 Å². The fraction of sp³-hybridized carbons (Fsp3) is 0.286. The van der Waals surface area contributed by atoms with Gasteiger partial charge in [-0.15, -0.1) is 11.3 Å². The van der Waals surface area contributed by atoms with Crippen LogP contribution in [-0.4, -0.2) is 28.5 Å². The normalized spacial score (nSPS) is 11.7. The number of rotatable bonds is 7. The van der Waals surface area contributed by atoms with E-state index < -0.39 is 10.9 Å². The van der Waals surface area contributed by atoms with Gasteiger partial charge in [-0.3, -0.25) is 10.1 Å². The van der Waals surface area contributed by atoms with E-state index in [4.69, 9.17) is 16.3 Å². The molecule has 23 heavy (non-hydrogen) atoms. The summed E-state index contributed by atoms with van der Waals surface area (Å²) >= 11 is 6.94. The highest BCUT2D eigenvalue weighted by molar-refractivity contribution is 7.17. The second-order valence-corrected chi connectivity index (χ2v) is 6.33. The molecule has 1 atom stereocenters. The minimum absolute atomic E-state index is 0.0791. The maximum atomic E-state index is 11.9. The van der Waals surface area contributed by atoms with Gasteiger partial charge >= 0.3 is 5.97 Å². The zero-order chi connectivity index (χ0) is 16.8. The number of carbonyl (C=O) groups is 1. The Kier molecular flexibility index (Phi) is 5.89. The number of nitrogens with zero attached hydrogens (tertiary/aromatic N) is 2. The summed E-state index contributed by atoms with van der Waals surface area (Å²) in [5.74, 6) is 0.0523. The van der Waals surface area contributed by atoms with Gasteiger partial charge in [0.2, 0.25) is 0 Å². The molecule has 0 radical (unpaired) electrons. The lowest BCUT2D eigenvalue weighted by Gasteiger charge is -2.17. The number of hydrogen-bond donors (Lipinski definition) is 1. The molecule has 1 N–H and O–H groups in total. The van der Waals surface area contributed by atoms with E-state index in [2.05, 4.69) is 10.3 Å². The molecule has 0 spiro atoms. The Balaban J connectivity index is 1.89. The summed E-state index contributed by atoms with van der Waals surface area (Å²) < 4.78 is 5.77. The number of pyridine rings is 1. The average Bonchev–Trinajstić information content (AvgIpc) is 2.98. The van der Waals surface area contributed by atoms with Crippen molar-refractivity contribution >= 4 is 40.4 Å². The molecule has 2 aromatic heterocycles. The molecular weight excluding hydrogens is 342 g/mol. The Bertz CT molecular complexity index is 690. The van der Waals surface area contributed by atoms with Crippen LogP contribution in [-0.2, 0) is 4.74 Å². The van der Waals surface area contributed by atoms with Crippen molar-refractivity contribution < 1.29 is 14.5 Å². The molecule has 9 heteroatoms. The van der Waals surface area contributed by atoms with Crippen molar-refractivity contribution in [3.05, 3.63) is 49.8 Å². The minimum Gasteiger partial charge on any atom is -0.459 e. The highest BCUT2D eigenvalue weighted by atomic mass is 35.5. The average molecular weight is 356 g/mol. The summed E-state index contributed by atoms with van der Waals surface area (Å²) in [6.07, 6.45) is 1.87. The number of esters is 1. The Morgan fingerprint density at radius 3 is 2.78 bits per heavy atom. The fourth-order valence-corrected chi connectivity index (χ4v) is 2.66. The van der Waals surface area contributed by atoms with E-state index in [9.17, 15) is 14.9 Å². The first kappa shape index (κ1) is 17.2. The molecule has 0 saturated carbocycles. The standard InChI is InChI=1S/C14H14ClN3O4S/c1-2-9(8-22-14(19)11-4-5-12(15)23-11)17-13-6-3-10(7-16-13)18(20)21/h3-7,9H,2,8H2,1H3,(H,16,17). The van der Waals surface area contributed by atoms with Crippen LogP contribution in [0.3, 0.4) is 0 Å². The molecule has 0 aliphatic carbocycles. The van der Waals surface area contributed by atoms with Crippen molar-refractivity contribution in [3.63, 3.8) is 0 Å². The quantitative estimate of drug-likeness (QED) is 0.461. The molecule has 0 aromatic carbocycles. The van der Waals surface area contributed by atoms with Crippen molar-refractivity contribution in [1.29, 1.82) is 0 Å². The first-order valence-electron chi connectivity index (χ1n) is 6.79. The molecule has 7 nitrogen and oxygen atoms in total. The molecular formula is C14H14ClN3O4S. The third-order valence-electron chi connectivity index (χ3n) is 2.99. The Labute approximate surface area is 141 Å². The Hall–Kier alpha value is -2.19. The number of aromatic nitrogens is 1. The van der Waals surface area contributed by atoms with Crippen LogP contribution in [0, 0.1) is 10.1 Å². The Morgan fingerprint density at radius 2 is 2.26 bits per heavy atom. The first-order valence-corrected chi connectivity index (χ1v) is 7.98. The van der Waals surface area contributed by atoms with E-state index in [1.807, 2.05) is 6.92 Å². The SMILES string of the molecule is CCC(COC(=O)c1ccc(Cl)s1)Nc1ccc([N+](=O)[O-])cn1. The fourth-order valence-electron chi connectivity index (χ4n) is 1.72. The lowest BCUT2D eigenvalue weighted by atomic mass is 10.2. The van der Waals surface area contributed by atoms with Crippen LogP contribution in [0.25, 0.3) is 0 Å². The number of nitrogens with one attached hydrogen (secondary N) is 1. The van der Waals surface area contributed by atoms with Gasteiger partial charge in [-0.1, -0.05) is 18.5 Å². The van der Waals surface area contributed by atoms with Crippen LogP contribution in [0.4, 0.5) is 11.5 Å². The van der Waals surface area contributed by atoms with Gasteiger partial charge in [0.15, 0.2) is 0 Å². The molecule has 2 aromatic rings. The first-order chi connectivity index (χ1) is 11.0. The van der Waals surface area contributed by atoms with Crippen LogP contribution in [0.5, 0.6) is 0 Å². The highest BCUT2D eigenvalue weighted by Gasteiger charge is 2.14. The highest BCUT2D eigenvalue weighted by Crippen LogP contribution is 2.22. The number of hydrogen-bond acceptors (Lipinski definition) is 7. The van der Waals surface area contributed by atoms with E-state index in [-0.39, 0.29) is 18.3 Å². The van der Waals surface area contributed by atoms with E-state index in [1.54, 1.807) is 12.1 Å². The van der Waals surface area contributed by atoms with Crippen LogP contribution in [0.1, 0.15) is 23.0 Å². The van der Waals surface area contributed by atoms with E-state index in [0.29, 0.717) is 21.5 Å². The smallest absolute Gasteiger partial charge is 0.348 e. The summed E-state index contributed by atoms with van der Waals surface area (Å²) in [4.78, 5) is 26.3. The third-order valence-corrected chi connectivity index (χ3v) is 4.20. The maximum Gasteiger partial charge on any atom is 0.348 e. The number of halogens is 1. The van der Waals surface area contributed by atoms with Crippen LogP contribution >= 0.6 is 22.9 Å². The predicted octanol–water partition coefficient (Wildman–Crippen LogP) is 3.75. The zero-order valence-corrected chi connectivity index (χ0v) is 13.8. The van der Waals surface area contributed by atoms with E-state index >= 15 is 0 Å².